The zero-order chi connectivity index (χ0) is 20.1. The molecular formula is C21H20ClNO5. The first-order valence-electron chi connectivity index (χ1n) is 8.73. The molecular weight excluding hydrogens is 382 g/mol. The second kappa shape index (κ2) is 8.80. The van der Waals surface area contributed by atoms with Gasteiger partial charge in [-0.15, -0.1) is 0 Å². The summed E-state index contributed by atoms with van der Waals surface area (Å²) in [5.41, 5.74) is 1.50. The lowest BCUT2D eigenvalue weighted by molar-refractivity contribution is -0.129. The van der Waals surface area contributed by atoms with Gasteiger partial charge in [-0.1, -0.05) is 18.5 Å². The molecule has 0 amide bonds. The molecule has 1 aliphatic rings. The van der Waals surface area contributed by atoms with E-state index in [9.17, 15) is 4.79 Å². The maximum atomic E-state index is 12.2. The van der Waals surface area contributed by atoms with Crippen molar-refractivity contribution in [3.8, 4) is 17.2 Å². The number of carbonyl (C=O) groups excluding carboxylic acids is 1. The molecule has 146 valence electrons. The zero-order valence-corrected chi connectivity index (χ0v) is 16.6. The SMILES string of the molecule is CCCOc1c(Cl)cc(C=C2N=C(c3ccc(OC)cc3)OC2=O)cc1OC. The monoisotopic (exact) mass is 401 g/mol. The first kappa shape index (κ1) is 19.8. The topological polar surface area (TPSA) is 66.3 Å². The Balaban J connectivity index is 1.90. The van der Waals surface area contributed by atoms with Crippen LogP contribution in [0.5, 0.6) is 17.2 Å². The molecule has 2 aromatic rings. The molecule has 0 atom stereocenters. The molecule has 28 heavy (non-hydrogen) atoms. The Morgan fingerprint density at radius 1 is 1.14 bits per heavy atom. The molecule has 7 heteroatoms. The number of hydrogen-bond acceptors (Lipinski definition) is 6. The molecule has 6 nitrogen and oxygen atoms in total. The highest BCUT2D eigenvalue weighted by Crippen LogP contribution is 2.37. The van der Waals surface area contributed by atoms with Crippen molar-refractivity contribution in [2.75, 3.05) is 20.8 Å². The normalized spacial score (nSPS) is 14.6. The van der Waals surface area contributed by atoms with Crippen LogP contribution in [0.3, 0.4) is 0 Å². The number of ether oxygens (including phenoxy) is 4. The average molecular weight is 402 g/mol. The van der Waals surface area contributed by atoms with Crippen molar-refractivity contribution in [1.29, 1.82) is 0 Å². The van der Waals surface area contributed by atoms with Crippen LogP contribution in [0.25, 0.3) is 6.08 Å². The van der Waals surface area contributed by atoms with Crippen molar-refractivity contribution in [2.45, 2.75) is 13.3 Å². The minimum atomic E-state index is -0.535. The Morgan fingerprint density at radius 2 is 1.89 bits per heavy atom. The molecule has 0 aromatic heterocycles. The van der Waals surface area contributed by atoms with E-state index in [0.717, 1.165) is 6.42 Å². The number of benzene rings is 2. The number of nitrogens with zero attached hydrogens (tertiary/aromatic N) is 1. The van der Waals surface area contributed by atoms with Gasteiger partial charge in [0.05, 0.1) is 25.8 Å². The molecule has 0 aliphatic carbocycles. The van der Waals surface area contributed by atoms with Crippen molar-refractivity contribution >= 4 is 29.5 Å². The van der Waals surface area contributed by atoms with Gasteiger partial charge in [0.2, 0.25) is 5.90 Å². The van der Waals surface area contributed by atoms with Gasteiger partial charge >= 0.3 is 5.97 Å². The van der Waals surface area contributed by atoms with E-state index in [-0.39, 0.29) is 11.6 Å². The van der Waals surface area contributed by atoms with Crippen LogP contribution in [-0.4, -0.2) is 32.7 Å². The van der Waals surface area contributed by atoms with Crippen molar-refractivity contribution in [1.82, 2.24) is 0 Å². The third-order valence-corrected chi connectivity index (χ3v) is 4.24. The van der Waals surface area contributed by atoms with Gasteiger partial charge in [-0.25, -0.2) is 9.79 Å². The molecule has 0 N–H and O–H groups in total. The van der Waals surface area contributed by atoms with Crippen LogP contribution in [0.15, 0.2) is 47.1 Å². The smallest absolute Gasteiger partial charge is 0.363 e. The Kier molecular flexibility index (Phi) is 6.21. The van der Waals surface area contributed by atoms with Crippen LogP contribution < -0.4 is 14.2 Å². The minimum absolute atomic E-state index is 0.172. The molecule has 0 bridgehead atoms. The van der Waals surface area contributed by atoms with Crippen LogP contribution >= 0.6 is 11.6 Å². The number of cyclic esters (lactones) is 1. The van der Waals surface area contributed by atoms with E-state index in [0.29, 0.717) is 40.0 Å². The van der Waals surface area contributed by atoms with Crippen LogP contribution in [0.1, 0.15) is 24.5 Å². The summed E-state index contributed by atoms with van der Waals surface area (Å²) in [7, 11) is 3.12. The number of halogens is 1. The largest absolute Gasteiger partial charge is 0.497 e. The highest BCUT2D eigenvalue weighted by Gasteiger charge is 2.24. The zero-order valence-electron chi connectivity index (χ0n) is 15.8. The van der Waals surface area contributed by atoms with Gasteiger partial charge in [0, 0.05) is 5.56 Å². The van der Waals surface area contributed by atoms with E-state index in [2.05, 4.69) is 4.99 Å². The van der Waals surface area contributed by atoms with Crippen LogP contribution in [0.4, 0.5) is 0 Å². The number of rotatable bonds is 7. The second-order valence-electron chi connectivity index (χ2n) is 5.95. The van der Waals surface area contributed by atoms with Crippen LogP contribution in [0, 0.1) is 0 Å². The number of methoxy groups -OCH3 is 2. The predicted octanol–water partition coefficient (Wildman–Crippen LogP) is 4.49. The van der Waals surface area contributed by atoms with Gasteiger partial charge in [-0.05, 0) is 54.5 Å². The van der Waals surface area contributed by atoms with Crippen molar-refractivity contribution in [3.63, 3.8) is 0 Å². The van der Waals surface area contributed by atoms with Gasteiger partial charge in [0.25, 0.3) is 0 Å². The van der Waals surface area contributed by atoms with Crippen molar-refractivity contribution < 1.29 is 23.7 Å². The maximum Gasteiger partial charge on any atom is 0.363 e. The number of hydrogen-bond donors (Lipinski definition) is 0. The Labute approximate surface area is 168 Å². The average Bonchev–Trinajstić information content (AvgIpc) is 3.07. The van der Waals surface area contributed by atoms with Gasteiger partial charge in [0.15, 0.2) is 17.2 Å². The molecule has 0 radical (unpaired) electrons. The minimum Gasteiger partial charge on any atom is -0.497 e. The third-order valence-electron chi connectivity index (χ3n) is 3.96. The third kappa shape index (κ3) is 4.28. The lowest BCUT2D eigenvalue weighted by Crippen LogP contribution is -2.05. The molecule has 3 rings (SSSR count). The molecule has 1 aliphatic heterocycles. The summed E-state index contributed by atoms with van der Waals surface area (Å²) in [6.45, 7) is 2.53. The Morgan fingerprint density at radius 3 is 2.54 bits per heavy atom. The van der Waals surface area contributed by atoms with Gasteiger partial charge < -0.3 is 18.9 Å². The van der Waals surface area contributed by atoms with E-state index in [1.807, 2.05) is 6.92 Å². The summed E-state index contributed by atoms with van der Waals surface area (Å²) in [5, 5.41) is 0.394. The van der Waals surface area contributed by atoms with E-state index >= 15 is 0 Å². The lowest BCUT2D eigenvalue weighted by atomic mass is 10.1. The van der Waals surface area contributed by atoms with Crippen molar-refractivity contribution in [3.05, 3.63) is 58.2 Å². The van der Waals surface area contributed by atoms with Crippen molar-refractivity contribution in [2.24, 2.45) is 4.99 Å². The fourth-order valence-corrected chi connectivity index (χ4v) is 2.87. The van der Waals surface area contributed by atoms with E-state index in [4.69, 9.17) is 30.5 Å². The number of carbonyl (C=O) groups is 1. The summed E-state index contributed by atoms with van der Waals surface area (Å²) in [6.07, 6.45) is 2.44. The summed E-state index contributed by atoms with van der Waals surface area (Å²) in [6, 6.07) is 10.5. The highest BCUT2D eigenvalue weighted by molar-refractivity contribution is 6.32. The first-order chi connectivity index (χ1) is 13.5. The molecule has 0 fully saturated rings. The number of esters is 1. The predicted molar refractivity (Wildman–Crippen MR) is 107 cm³/mol. The van der Waals surface area contributed by atoms with Crippen LogP contribution in [-0.2, 0) is 9.53 Å². The quantitative estimate of drug-likeness (QED) is 0.505. The second-order valence-corrected chi connectivity index (χ2v) is 6.35. The van der Waals surface area contributed by atoms with E-state index in [1.54, 1.807) is 49.6 Å². The fourth-order valence-electron chi connectivity index (χ4n) is 2.59. The highest BCUT2D eigenvalue weighted by atomic mass is 35.5. The number of aliphatic imine (C=N–C) groups is 1. The Hall–Kier alpha value is -2.99. The molecule has 0 unspecified atom stereocenters. The molecule has 0 saturated heterocycles. The van der Waals surface area contributed by atoms with E-state index in [1.165, 1.54) is 7.11 Å². The van der Waals surface area contributed by atoms with Crippen LogP contribution in [0.2, 0.25) is 5.02 Å². The summed E-state index contributed by atoms with van der Waals surface area (Å²) in [4.78, 5) is 16.5. The standard InChI is InChI=1S/C21H20ClNO5/c1-4-9-27-19-16(22)10-13(12-18(19)26-3)11-17-21(24)28-20(23-17)14-5-7-15(25-2)8-6-14/h5-8,10-12H,4,9H2,1-3H3. The van der Waals surface area contributed by atoms with Gasteiger partial charge in [0.1, 0.15) is 5.75 Å². The Bertz CT molecular complexity index is 935. The fraction of sp³-hybridized carbons (Fsp3) is 0.238. The lowest BCUT2D eigenvalue weighted by Gasteiger charge is -2.12. The molecule has 0 saturated carbocycles. The summed E-state index contributed by atoms with van der Waals surface area (Å²) in [5.74, 6) is 1.37. The first-order valence-corrected chi connectivity index (χ1v) is 9.10. The van der Waals surface area contributed by atoms with Gasteiger partial charge in [-0.3, -0.25) is 0 Å². The summed E-state index contributed by atoms with van der Waals surface area (Å²) >= 11 is 6.33. The van der Waals surface area contributed by atoms with E-state index < -0.39 is 5.97 Å². The van der Waals surface area contributed by atoms with Gasteiger partial charge in [-0.2, -0.15) is 0 Å². The molecule has 2 aromatic carbocycles. The maximum absolute atomic E-state index is 12.2. The summed E-state index contributed by atoms with van der Waals surface area (Å²) < 4.78 is 21.4. The molecule has 1 heterocycles. The molecule has 0 spiro atoms.